The lowest BCUT2D eigenvalue weighted by molar-refractivity contribution is 0.209. The van der Waals surface area contributed by atoms with Crippen molar-refractivity contribution in [3.8, 4) is 0 Å². The van der Waals surface area contributed by atoms with E-state index < -0.39 is 17.7 Å². The molecule has 0 aliphatic rings. The summed E-state index contributed by atoms with van der Waals surface area (Å²) in [5.41, 5.74) is 0.543. The van der Waals surface area contributed by atoms with Gasteiger partial charge in [-0.1, -0.05) is 24.3 Å². The van der Waals surface area contributed by atoms with Crippen LogP contribution in [-0.4, -0.2) is 5.11 Å². The highest BCUT2D eigenvalue weighted by molar-refractivity contribution is 5.81. The van der Waals surface area contributed by atoms with E-state index in [4.69, 9.17) is 4.42 Å². The van der Waals surface area contributed by atoms with Gasteiger partial charge in [-0.3, -0.25) is 0 Å². The zero-order chi connectivity index (χ0) is 13.4. The average Bonchev–Trinajstić information content (AvgIpc) is 2.82. The predicted molar refractivity (Wildman–Crippen MR) is 66.6 cm³/mol. The number of rotatable bonds is 2. The molecule has 0 aliphatic heterocycles. The zero-order valence-corrected chi connectivity index (χ0v) is 9.81. The second kappa shape index (κ2) is 4.48. The summed E-state index contributed by atoms with van der Waals surface area (Å²) in [7, 11) is 0. The minimum atomic E-state index is -1.40. The number of hydrogen-bond donors (Lipinski definition) is 1. The average molecular weight is 260 g/mol. The van der Waals surface area contributed by atoms with Crippen LogP contribution in [0.3, 0.4) is 0 Å². The van der Waals surface area contributed by atoms with Crippen molar-refractivity contribution in [2.75, 3.05) is 0 Å². The SMILES string of the molecule is OC(c1c(F)cccc1F)c1coc2ccccc12. The Labute approximate surface area is 107 Å². The zero-order valence-electron chi connectivity index (χ0n) is 9.81. The number of hydrogen-bond acceptors (Lipinski definition) is 2. The molecule has 1 N–H and O–H groups in total. The highest BCUT2D eigenvalue weighted by Gasteiger charge is 2.22. The number of furan rings is 1. The van der Waals surface area contributed by atoms with E-state index in [1.165, 1.54) is 12.3 Å². The summed E-state index contributed by atoms with van der Waals surface area (Å²) in [6, 6.07) is 10.5. The highest BCUT2D eigenvalue weighted by atomic mass is 19.1. The summed E-state index contributed by atoms with van der Waals surface area (Å²) >= 11 is 0. The molecule has 2 aromatic carbocycles. The van der Waals surface area contributed by atoms with E-state index in [1.807, 2.05) is 0 Å². The van der Waals surface area contributed by atoms with Crippen LogP contribution in [0.2, 0.25) is 0 Å². The Balaban J connectivity index is 2.16. The molecular weight excluding hydrogens is 250 g/mol. The van der Waals surface area contributed by atoms with Gasteiger partial charge in [-0.05, 0) is 18.2 Å². The molecule has 3 rings (SSSR count). The van der Waals surface area contributed by atoms with Gasteiger partial charge in [-0.15, -0.1) is 0 Å². The molecule has 1 atom stereocenters. The number of aliphatic hydroxyl groups is 1. The molecule has 1 heterocycles. The van der Waals surface area contributed by atoms with Gasteiger partial charge in [-0.2, -0.15) is 0 Å². The van der Waals surface area contributed by atoms with Crippen LogP contribution in [0.1, 0.15) is 17.2 Å². The lowest BCUT2D eigenvalue weighted by Gasteiger charge is -2.11. The first-order valence-electron chi connectivity index (χ1n) is 5.76. The van der Waals surface area contributed by atoms with E-state index in [1.54, 1.807) is 24.3 Å². The van der Waals surface area contributed by atoms with Crippen molar-refractivity contribution < 1.29 is 18.3 Å². The normalized spacial score (nSPS) is 12.8. The van der Waals surface area contributed by atoms with Gasteiger partial charge in [0.15, 0.2) is 0 Å². The molecule has 0 fully saturated rings. The fourth-order valence-electron chi connectivity index (χ4n) is 2.14. The van der Waals surface area contributed by atoms with Crippen molar-refractivity contribution in [1.82, 2.24) is 0 Å². The lowest BCUT2D eigenvalue weighted by Crippen LogP contribution is -2.05. The molecule has 4 heteroatoms. The van der Waals surface area contributed by atoms with E-state index in [0.717, 1.165) is 12.1 Å². The third-order valence-corrected chi connectivity index (χ3v) is 3.08. The molecule has 0 saturated carbocycles. The molecule has 0 aliphatic carbocycles. The number of fused-ring (bicyclic) bond motifs is 1. The van der Waals surface area contributed by atoms with Crippen molar-refractivity contribution in [2.45, 2.75) is 6.10 Å². The van der Waals surface area contributed by atoms with Crippen LogP contribution < -0.4 is 0 Å². The first kappa shape index (κ1) is 11.9. The largest absolute Gasteiger partial charge is 0.464 e. The number of halogens is 2. The van der Waals surface area contributed by atoms with E-state index in [2.05, 4.69) is 0 Å². The first-order chi connectivity index (χ1) is 9.18. The van der Waals surface area contributed by atoms with Crippen LogP contribution in [0, 0.1) is 11.6 Å². The highest BCUT2D eigenvalue weighted by Crippen LogP contribution is 2.32. The molecule has 1 aromatic heterocycles. The quantitative estimate of drug-likeness (QED) is 0.760. The molecule has 0 saturated heterocycles. The third kappa shape index (κ3) is 1.90. The van der Waals surface area contributed by atoms with Crippen molar-refractivity contribution in [3.63, 3.8) is 0 Å². The Morgan fingerprint density at radius 2 is 1.63 bits per heavy atom. The fourth-order valence-corrected chi connectivity index (χ4v) is 2.14. The van der Waals surface area contributed by atoms with Crippen molar-refractivity contribution in [3.05, 3.63) is 71.5 Å². The van der Waals surface area contributed by atoms with Gasteiger partial charge in [0, 0.05) is 10.9 Å². The third-order valence-electron chi connectivity index (χ3n) is 3.08. The molecule has 19 heavy (non-hydrogen) atoms. The summed E-state index contributed by atoms with van der Waals surface area (Å²) < 4.78 is 32.6. The maximum atomic E-state index is 13.7. The molecule has 3 aromatic rings. The molecule has 0 radical (unpaired) electrons. The van der Waals surface area contributed by atoms with Gasteiger partial charge in [-0.25, -0.2) is 8.78 Å². The lowest BCUT2D eigenvalue weighted by atomic mass is 10.00. The van der Waals surface area contributed by atoms with Crippen LogP contribution in [0.25, 0.3) is 11.0 Å². The summed E-state index contributed by atoms with van der Waals surface area (Å²) in [6.45, 7) is 0. The molecule has 2 nitrogen and oxygen atoms in total. The Bertz CT molecular complexity index is 714. The van der Waals surface area contributed by atoms with E-state index in [9.17, 15) is 13.9 Å². The van der Waals surface area contributed by atoms with Crippen LogP contribution in [0.15, 0.2) is 53.1 Å². The van der Waals surface area contributed by atoms with Crippen molar-refractivity contribution >= 4 is 11.0 Å². The van der Waals surface area contributed by atoms with E-state index >= 15 is 0 Å². The van der Waals surface area contributed by atoms with Crippen molar-refractivity contribution in [2.24, 2.45) is 0 Å². The minimum Gasteiger partial charge on any atom is -0.464 e. The molecule has 0 amide bonds. The van der Waals surface area contributed by atoms with Gasteiger partial charge in [0.25, 0.3) is 0 Å². The molecular formula is C15H10F2O2. The number of para-hydroxylation sites is 1. The maximum absolute atomic E-state index is 13.7. The predicted octanol–water partition coefficient (Wildman–Crippen LogP) is 3.79. The van der Waals surface area contributed by atoms with Gasteiger partial charge in [0.05, 0.1) is 11.8 Å². The van der Waals surface area contributed by atoms with Gasteiger partial charge in [0.1, 0.15) is 23.3 Å². The van der Waals surface area contributed by atoms with Crippen LogP contribution >= 0.6 is 0 Å². The van der Waals surface area contributed by atoms with Crippen molar-refractivity contribution in [1.29, 1.82) is 0 Å². The standard InChI is InChI=1S/C15H10F2O2/c16-11-5-3-6-12(17)14(11)15(18)10-8-19-13-7-2-1-4-9(10)13/h1-8,15,18H. The summed E-state index contributed by atoms with van der Waals surface area (Å²) in [6.07, 6.45) is -0.0776. The van der Waals surface area contributed by atoms with E-state index in [0.29, 0.717) is 16.5 Å². The van der Waals surface area contributed by atoms with Crippen LogP contribution in [-0.2, 0) is 0 Å². The van der Waals surface area contributed by atoms with Gasteiger partial charge in [0.2, 0.25) is 0 Å². The molecule has 0 bridgehead atoms. The molecule has 96 valence electrons. The number of benzene rings is 2. The van der Waals surface area contributed by atoms with E-state index in [-0.39, 0.29) is 5.56 Å². The summed E-state index contributed by atoms with van der Waals surface area (Å²) in [5, 5.41) is 10.8. The Kier molecular flexibility index (Phi) is 2.80. The second-order valence-corrected chi connectivity index (χ2v) is 4.23. The second-order valence-electron chi connectivity index (χ2n) is 4.23. The van der Waals surface area contributed by atoms with Crippen LogP contribution in [0.5, 0.6) is 0 Å². The van der Waals surface area contributed by atoms with Crippen LogP contribution in [0.4, 0.5) is 8.78 Å². The monoisotopic (exact) mass is 260 g/mol. The topological polar surface area (TPSA) is 33.4 Å². The number of aliphatic hydroxyl groups excluding tert-OH is 1. The van der Waals surface area contributed by atoms with Gasteiger partial charge < -0.3 is 9.52 Å². The molecule has 1 unspecified atom stereocenters. The smallest absolute Gasteiger partial charge is 0.134 e. The minimum absolute atomic E-state index is 0.347. The first-order valence-corrected chi connectivity index (χ1v) is 5.76. The summed E-state index contributed by atoms with van der Waals surface area (Å²) in [4.78, 5) is 0. The Morgan fingerprint density at radius 3 is 2.37 bits per heavy atom. The Morgan fingerprint density at radius 1 is 0.947 bits per heavy atom. The van der Waals surface area contributed by atoms with Gasteiger partial charge >= 0.3 is 0 Å². The fraction of sp³-hybridized carbons (Fsp3) is 0.0667. The maximum Gasteiger partial charge on any atom is 0.134 e. The summed E-state index contributed by atoms with van der Waals surface area (Å²) in [5.74, 6) is -1.56. The Hall–Kier alpha value is -2.20. The molecule has 0 spiro atoms.